The molecule has 0 saturated carbocycles. The Balaban J connectivity index is 2.69. The number of carbonyl (C=O) groups is 1. The molecule has 1 unspecified atom stereocenters. The molecule has 0 aromatic heterocycles. The highest BCUT2D eigenvalue weighted by molar-refractivity contribution is 8.76. The van der Waals surface area contributed by atoms with E-state index in [-0.39, 0.29) is 5.12 Å². The third kappa shape index (κ3) is 1.02. The Kier molecular flexibility index (Phi) is 1.58. The molecule has 0 aliphatic carbocycles. The molecule has 0 amide bonds. The van der Waals surface area contributed by atoms with Crippen LogP contribution in [-0.4, -0.2) is 9.32 Å². The van der Waals surface area contributed by atoms with Crippen molar-refractivity contribution in [3.05, 3.63) is 29.8 Å². The molecule has 1 aliphatic heterocycles. The summed E-state index contributed by atoms with van der Waals surface area (Å²) in [6.07, 6.45) is 0. The van der Waals surface area contributed by atoms with Crippen LogP contribution in [0.2, 0.25) is 0 Å². The highest BCUT2D eigenvalue weighted by Gasteiger charge is 2.26. The smallest absolute Gasteiger partial charge is 0.233 e. The summed E-state index contributed by atoms with van der Waals surface area (Å²) in [6.45, 7) is 0. The Morgan fingerprint density at radius 1 is 1.27 bits per heavy atom. The molecule has 0 fully saturated rings. The van der Waals surface area contributed by atoms with Gasteiger partial charge in [-0.05, 0) is 12.1 Å². The first kappa shape index (κ1) is 7.06. The Hall–Kier alpha value is -0.610. The average molecular weight is 184 g/mol. The van der Waals surface area contributed by atoms with Crippen LogP contribution in [0.3, 0.4) is 0 Å². The third-order valence-electron chi connectivity index (χ3n) is 1.44. The predicted octanol–water partition coefficient (Wildman–Crippen LogP) is 1.60. The van der Waals surface area contributed by atoms with Gasteiger partial charge in [0, 0.05) is 16.4 Å². The first-order chi connectivity index (χ1) is 5.29. The van der Waals surface area contributed by atoms with Crippen LogP contribution in [0, 0.1) is 0 Å². The molecule has 1 aromatic rings. The van der Waals surface area contributed by atoms with Crippen LogP contribution in [0.1, 0.15) is 10.4 Å². The standard InChI is InChI=1S/C7H4O2S2/c8-7-5-3-1-2-4-6(5)11(9)10-7/h1-4H. The lowest BCUT2D eigenvalue weighted by atomic mass is 10.2. The number of fused-ring (bicyclic) bond motifs is 1. The van der Waals surface area contributed by atoms with Crippen molar-refractivity contribution < 1.29 is 9.00 Å². The van der Waals surface area contributed by atoms with Gasteiger partial charge in [0.05, 0.1) is 4.90 Å². The van der Waals surface area contributed by atoms with E-state index < -0.39 is 9.83 Å². The predicted molar refractivity (Wildman–Crippen MR) is 44.8 cm³/mol. The Bertz CT molecular complexity index is 313. The fourth-order valence-corrected chi connectivity index (χ4v) is 3.42. The zero-order valence-electron chi connectivity index (χ0n) is 5.44. The number of benzene rings is 1. The molecule has 2 nitrogen and oxygen atoms in total. The van der Waals surface area contributed by atoms with Gasteiger partial charge in [-0.2, -0.15) is 0 Å². The molecule has 11 heavy (non-hydrogen) atoms. The SMILES string of the molecule is O=C1SS(=O)c2ccccc21. The van der Waals surface area contributed by atoms with Gasteiger partial charge in [0.15, 0.2) is 0 Å². The van der Waals surface area contributed by atoms with E-state index in [2.05, 4.69) is 0 Å². The van der Waals surface area contributed by atoms with Crippen LogP contribution in [-0.2, 0) is 9.83 Å². The summed E-state index contributed by atoms with van der Waals surface area (Å²) in [4.78, 5) is 11.7. The molecule has 0 bridgehead atoms. The van der Waals surface area contributed by atoms with E-state index in [0.717, 1.165) is 10.8 Å². The van der Waals surface area contributed by atoms with Crippen LogP contribution in [0.4, 0.5) is 0 Å². The van der Waals surface area contributed by atoms with Gasteiger partial charge in [0.1, 0.15) is 9.83 Å². The maximum Gasteiger partial charge on any atom is 0.233 e. The molecule has 1 atom stereocenters. The normalized spacial score (nSPS) is 21.8. The Labute approximate surface area is 69.8 Å². The van der Waals surface area contributed by atoms with Gasteiger partial charge < -0.3 is 0 Å². The van der Waals surface area contributed by atoms with E-state index in [9.17, 15) is 9.00 Å². The number of hydrogen-bond acceptors (Lipinski definition) is 3. The zero-order chi connectivity index (χ0) is 7.84. The maximum atomic E-state index is 11.1. The minimum Gasteiger partial charge on any atom is -0.280 e. The van der Waals surface area contributed by atoms with E-state index in [1.165, 1.54) is 0 Å². The largest absolute Gasteiger partial charge is 0.280 e. The summed E-state index contributed by atoms with van der Waals surface area (Å²) in [5, 5.41) is -0.0843. The van der Waals surface area contributed by atoms with Crippen molar-refractivity contribution in [1.29, 1.82) is 0 Å². The lowest BCUT2D eigenvalue weighted by Gasteiger charge is -1.89. The topological polar surface area (TPSA) is 34.1 Å². The van der Waals surface area contributed by atoms with Gasteiger partial charge in [-0.3, -0.25) is 4.79 Å². The quantitative estimate of drug-likeness (QED) is 0.574. The fraction of sp³-hybridized carbons (Fsp3) is 0. The highest BCUT2D eigenvalue weighted by atomic mass is 33.1. The van der Waals surface area contributed by atoms with E-state index in [1.807, 2.05) is 0 Å². The molecule has 1 aliphatic rings. The van der Waals surface area contributed by atoms with Gasteiger partial charge in [0.2, 0.25) is 5.12 Å². The Morgan fingerprint density at radius 2 is 2.00 bits per heavy atom. The van der Waals surface area contributed by atoms with Crippen molar-refractivity contribution in [2.24, 2.45) is 0 Å². The fourth-order valence-electron chi connectivity index (χ4n) is 0.939. The van der Waals surface area contributed by atoms with Crippen LogP contribution in [0.5, 0.6) is 0 Å². The van der Waals surface area contributed by atoms with Gasteiger partial charge >= 0.3 is 0 Å². The number of rotatable bonds is 0. The average Bonchev–Trinajstić information content (AvgIpc) is 2.30. The van der Waals surface area contributed by atoms with Crippen molar-refractivity contribution in [2.45, 2.75) is 4.90 Å². The summed E-state index contributed by atoms with van der Waals surface area (Å²) in [7, 11) is -0.278. The first-order valence-electron chi connectivity index (χ1n) is 3.02. The molecule has 2 rings (SSSR count). The molecular formula is C7H4O2S2. The van der Waals surface area contributed by atoms with Gasteiger partial charge in [0.25, 0.3) is 0 Å². The first-order valence-corrected chi connectivity index (χ1v) is 5.51. The van der Waals surface area contributed by atoms with Crippen LogP contribution in [0.15, 0.2) is 29.2 Å². The van der Waals surface area contributed by atoms with Gasteiger partial charge in [-0.25, -0.2) is 4.21 Å². The summed E-state index contributed by atoms with van der Waals surface area (Å²) in [6, 6.07) is 6.99. The van der Waals surface area contributed by atoms with Crippen molar-refractivity contribution in [2.75, 3.05) is 0 Å². The maximum absolute atomic E-state index is 11.1. The van der Waals surface area contributed by atoms with Gasteiger partial charge in [-0.15, -0.1) is 0 Å². The van der Waals surface area contributed by atoms with E-state index in [1.54, 1.807) is 24.3 Å². The van der Waals surface area contributed by atoms with E-state index in [4.69, 9.17) is 0 Å². The molecule has 1 aromatic carbocycles. The van der Waals surface area contributed by atoms with E-state index in [0.29, 0.717) is 10.5 Å². The summed E-state index contributed by atoms with van der Waals surface area (Å²) >= 11 is 0. The Morgan fingerprint density at radius 3 is 2.73 bits per heavy atom. The molecule has 56 valence electrons. The molecule has 0 spiro atoms. The molecule has 0 N–H and O–H groups in total. The van der Waals surface area contributed by atoms with Gasteiger partial charge in [-0.1, -0.05) is 12.1 Å². The van der Waals surface area contributed by atoms with Crippen LogP contribution < -0.4 is 0 Å². The van der Waals surface area contributed by atoms with Crippen LogP contribution in [0.25, 0.3) is 0 Å². The minimum absolute atomic E-state index is 0.0843. The minimum atomic E-state index is -1.16. The van der Waals surface area contributed by atoms with Crippen molar-refractivity contribution in [3.63, 3.8) is 0 Å². The summed E-state index contributed by atoms with van der Waals surface area (Å²) in [5.41, 5.74) is 0.593. The molecule has 1 heterocycles. The van der Waals surface area contributed by atoms with Crippen molar-refractivity contribution in [1.82, 2.24) is 0 Å². The molecular weight excluding hydrogens is 180 g/mol. The summed E-state index contributed by atoms with van der Waals surface area (Å²) in [5.74, 6) is 0. The second-order valence-corrected chi connectivity index (χ2v) is 4.96. The number of hydrogen-bond donors (Lipinski definition) is 0. The molecule has 0 saturated heterocycles. The van der Waals surface area contributed by atoms with Crippen molar-refractivity contribution >= 4 is 25.7 Å². The summed E-state index contributed by atoms with van der Waals surface area (Å²) < 4.78 is 11.1. The number of carbonyl (C=O) groups excluding carboxylic acids is 1. The molecule has 0 radical (unpaired) electrons. The monoisotopic (exact) mass is 184 g/mol. The lowest BCUT2D eigenvalue weighted by Crippen LogP contribution is -1.85. The highest BCUT2D eigenvalue weighted by Crippen LogP contribution is 2.33. The second kappa shape index (κ2) is 2.46. The zero-order valence-corrected chi connectivity index (χ0v) is 7.08. The lowest BCUT2D eigenvalue weighted by molar-refractivity contribution is 0.108. The third-order valence-corrected chi connectivity index (χ3v) is 4.12. The molecule has 4 heteroatoms. The van der Waals surface area contributed by atoms with Crippen molar-refractivity contribution in [3.8, 4) is 0 Å². The second-order valence-electron chi connectivity index (χ2n) is 2.10. The van der Waals surface area contributed by atoms with E-state index >= 15 is 0 Å². The van der Waals surface area contributed by atoms with Crippen LogP contribution >= 0.6 is 10.8 Å².